The number of imide groups is 1. The number of rotatable bonds is 6. The number of ether oxygens (including phenoxy) is 2. The van der Waals surface area contributed by atoms with E-state index in [-0.39, 0.29) is 17.9 Å². The Morgan fingerprint density at radius 1 is 0.946 bits per heavy atom. The van der Waals surface area contributed by atoms with Gasteiger partial charge in [0.25, 0.3) is 0 Å². The largest absolute Gasteiger partial charge is 0.493 e. The number of hydrogen-bond donors (Lipinski definition) is 2. The van der Waals surface area contributed by atoms with Crippen LogP contribution in [0.25, 0.3) is 10.9 Å². The van der Waals surface area contributed by atoms with Gasteiger partial charge in [0.2, 0.25) is 0 Å². The first kappa shape index (κ1) is 23.8. The summed E-state index contributed by atoms with van der Waals surface area (Å²) in [5.74, 6) is 0.920. The van der Waals surface area contributed by atoms with E-state index in [0.717, 1.165) is 4.90 Å². The van der Waals surface area contributed by atoms with Crippen LogP contribution in [0.15, 0.2) is 67.0 Å². The summed E-state index contributed by atoms with van der Waals surface area (Å²) in [6.45, 7) is 0.504. The zero-order chi connectivity index (χ0) is 25.9. The van der Waals surface area contributed by atoms with E-state index in [1.54, 1.807) is 54.9 Å². The first-order valence-electron chi connectivity index (χ1n) is 11.4. The molecule has 1 saturated heterocycles. The van der Waals surface area contributed by atoms with Crippen molar-refractivity contribution in [3.8, 4) is 11.5 Å². The molecule has 37 heavy (non-hydrogen) atoms. The lowest BCUT2D eigenvalue weighted by atomic mass is 10.1. The number of nitrogens with zero attached hydrogens (tertiary/aromatic N) is 4. The molecule has 188 valence electrons. The fraction of sp³-hybridized carbons (Fsp3) is 0.154. The number of carbonyl (C=O) groups excluding carboxylic acids is 2. The smallest absolute Gasteiger partial charge is 0.333 e. The van der Waals surface area contributed by atoms with Gasteiger partial charge in [0.15, 0.2) is 11.5 Å². The van der Waals surface area contributed by atoms with Gasteiger partial charge in [-0.25, -0.2) is 23.9 Å². The molecule has 4 amide bonds. The number of nitrogens with one attached hydrogen (secondary N) is 2. The Hall–Kier alpha value is -4.93. The van der Waals surface area contributed by atoms with Crippen LogP contribution < -0.4 is 25.0 Å². The number of carbonyl (C=O) groups is 2. The molecule has 10 nitrogen and oxygen atoms in total. The number of amides is 4. The average Bonchev–Trinajstić information content (AvgIpc) is 3.31. The monoisotopic (exact) mass is 502 g/mol. The molecule has 0 bridgehead atoms. The molecule has 1 fully saturated rings. The average molecular weight is 503 g/mol. The molecular weight excluding hydrogens is 479 g/mol. The highest BCUT2D eigenvalue weighted by Crippen LogP contribution is 2.36. The molecule has 0 radical (unpaired) electrons. The molecule has 2 N–H and O–H groups in total. The van der Waals surface area contributed by atoms with E-state index in [1.165, 1.54) is 31.3 Å². The minimum Gasteiger partial charge on any atom is -0.493 e. The summed E-state index contributed by atoms with van der Waals surface area (Å²) in [6, 6.07) is 13.5. The van der Waals surface area contributed by atoms with Crippen LogP contribution in [0.3, 0.4) is 0 Å². The van der Waals surface area contributed by atoms with Gasteiger partial charge in [0.1, 0.15) is 11.6 Å². The van der Waals surface area contributed by atoms with Crippen molar-refractivity contribution in [1.82, 2.24) is 14.9 Å². The lowest BCUT2D eigenvalue weighted by molar-refractivity contribution is 0.209. The summed E-state index contributed by atoms with van der Waals surface area (Å²) < 4.78 is 25.7. The van der Waals surface area contributed by atoms with E-state index in [2.05, 4.69) is 20.6 Å². The van der Waals surface area contributed by atoms with Gasteiger partial charge in [-0.05, 0) is 42.5 Å². The fourth-order valence-corrected chi connectivity index (χ4v) is 4.06. The Bertz CT molecular complexity index is 1480. The maximum Gasteiger partial charge on any atom is 0.333 e. The van der Waals surface area contributed by atoms with Crippen molar-refractivity contribution in [2.45, 2.75) is 0 Å². The summed E-state index contributed by atoms with van der Waals surface area (Å²) >= 11 is 0. The molecular formula is C26H23FN6O4. The quantitative estimate of drug-likeness (QED) is 0.382. The first-order chi connectivity index (χ1) is 18.0. The maximum absolute atomic E-state index is 15.0. The van der Waals surface area contributed by atoms with E-state index in [9.17, 15) is 9.59 Å². The predicted octanol–water partition coefficient (Wildman–Crippen LogP) is 5.00. The lowest BCUT2D eigenvalue weighted by Crippen LogP contribution is -2.39. The van der Waals surface area contributed by atoms with Gasteiger partial charge in [-0.3, -0.25) is 9.88 Å². The van der Waals surface area contributed by atoms with Gasteiger partial charge < -0.3 is 20.1 Å². The number of hydrogen-bond acceptors (Lipinski definition) is 7. The van der Waals surface area contributed by atoms with Gasteiger partial charge in [-0.15, -0.1) is 0 Å². The summed E-state index contributed by atoms with van der Waals surface area (Å²) in [7, 11) is 3.07. The Balaban J connectivity index is 1.31. The van der Waals surface area contributed by atoms with Crippen LogP contribution in [0.2, 0.25) is 0 Å². The standard InChI is InChI=1S/C26H23FN6O4/c1-36-22-14-17-19(8-10-28-21(17)15-23(22)37-2)31-20-7-6-16(13-18(20)27)30-25(34)33-12-11-32(26(33)35)24-5-3-4-9-29-24/h3-10,13-15H,11-12H2,1-2H3,(H,28,31)(H,30,34). The number of halogens is 1. The van der Waals surface area contributed by atoms with E-state index in [1.807, 2.05) is 0 Å². The highest BCUT2D eigenvalue weighted by atomic mass is 19.1. The van der Waals surface area contributed by atoms with Crippen LogP contribution in [-0.2, 0) is 0 Å². The fourth-order valence-electron chi connectivity index (χ4n) is 4.06. The molecule has 4 aromatic rings. The molecule has 0 atom stereocenters. The molecule has 0 aliphatic carbocycles. The number of methoxy groups -OCH3 is 2. The Labute approximate surface area is 211 Å². The van der Waals surface area contributed by atoms with Crippen molar-refractivity contribution in [3.63, 3.8) is 0 Å². The molecule has 1 aliphatic heterocycles. The normalized spacial score (nSPS) is 13.1. The van der Waals surface area contributed by atoms with E-state index in [4.69, 9.17) is 9.47 Å². The summed E-state index contributed by atoms with van der Waals surface area (Å²) in [5, 5.41) is 6.37. The molecule has 2 aromatic heterocycles. The van der Waals surface area contributed by atoms with Crippen molar-refractivity contribution in [2.24, 2.45) is 0 Å². The van der Waals surface area contributed by atoms with Crippen molar-refractivity contribution < 1.29 is 23.5 Å². The number of aromatic nitrogens is 2. The highest BCUT2D eigenvalue weighted by molar-refractivity contribution is 6.07. The Morgan fingerprint density at radius 2 is 1.76 bits per heavy atom. The molecule has 3 heterocycles. The van der Waals surface area contributed by atoms with Crippen LogP contribution >= 0.6 is 0 Å². The van der Waals surface area contributed by atoms with Crippen molar-refractivity contribution in [1.29, 1.82) is 0 Å². The van der Waals surface area contributed by atoms with Crippen LogP contribution in [0.1, 0.15) is 0 Å². The molecule has 1 aliphatic rings. The van der Waals surface area contributed by atoms with Crippen molar-refractivity contribution in [2.75, 3.05) is 42.8 Å². The third-order valence-electron chi connectivity index (χ3n) is 5.92. The number of urea groups is 2. The van der Waals surface area contributed by atoms with E-state index >= 15 is 4.39 Å². The summed E-state index contributed by atoms with van der Waals surface area (Å²) in [5.41, 5.74) is 1.66. The second-order valence-electron chi connectivity index (χ2n) is 8.11. The second kappa shape index (κ2) is 9.97. The number of pyridine rings is 2. The molecule has 0 saturated carbocycles. The predicted molar refractivity (Wildman–Crippen MR) is 137 cm³/mol. The zero-order valence-corrected chi connectivity index (χ0v) is 20.1. The van der Waals surface area contributed by atoms with Gasteiger partial charge in [0.05, 0.1) is 32.0 Å². The van der Waals surface area contributed by atoms with Crippen LogP contribution in [0.4, 0.5) is 36.9 Å². The Kier molecular flexibility index (Phi) is 6.42. The van der Waals surface area contributed by atoms with Gasteiger partial charge >= 0.3 is 12.1 Å². The molecule has 2 aromatic carbocycles. The number of anilines is 4. The SMILES string of the molecule is COc1cc2nccc(Nc3ccc(NC(=O)N4CCN(c5ccccn5)C4=O)cc3F)c2cc1OC. The summed E-state index contributed by atoms with van der Waals surface area (Å²) in [6.07, 6.45) is 3.18. The van der Waals surface area contributed by atoms with E-state index in [0.29, 0.717) is 40.5 Å². The van der Waals surface area contributed by atoms with E-state index < -0.39 is 17.9 Å². The lowest BCUT2D eigenvalue weighted by Gasteiger charge is -2.17. The van der Waals surface area contributed by atoms with Crippen LogP contribution in [-0.4, -0.2) is 54.2 Å². The number of fused-ring (bicyclic) bond motifs is 1. The third kappa shape index (κ3) is 4.66. The second-order valence-corrected chi connectivity index (χ2v) is 8.11. The first-order valence-corrected chi connectivity index (χ1v) is 11.4. The third-order valence-corrected chi connectivity index (χ3v) is 5.92. The van der Waals surface area contributed by atoms with Crippen LogP contribution in [0.5, 0.6) is 11.5 Å². The minimum absolute atomic E-state index is 0.187. The van der Waals surface area contributed by atoms with Crippen molar-refractivity contribution in [3.05, 3.63) is 72.8 Å². The number of benzene rings is 2. The van der Waals surface area contributed by atoms with Gasteiger partial charge in [-0.1, -0.05) is 6.07 Å². The molecule has 0 unspecified atom stereocenters. The van der Waals surface area contributed by atoms with Gasteiger partial charge in [0, 0.05) is 41.8 Å². The molecule has 11 heteroatoms. The topological polar surface area (TPSA) is 109 Å². The summed E-state index contributed by atoms with van der Waals surface area (Å²) in [4.78, 5) is 36.4. The van der Waals surface area contributed by atoms with Crippen molar-refractivity contribution >= 4 is 45.8 Å². The zero-order valence-electron chi connectivity index (χ0n) is 20.1. The van der Waals surface area contributed by atoms with Crippen LogP contribution in [0, 0.1) is 5.82 Å². The highest BCUT2D eigenvalue weighted by Gasteiger charge is 2.34. The minimum atomic E-state index is -0.648. The molecule has 0 spiro atoms. The van der Waals surface area contributed by atoms with Gasteiger partial charge in [-0.2, -0.15) is 0 Å². The Morgan fingerprint density at radius 3 is 2.49 bits per heavy atom. The molecule has 5 rings (SSSR count). The maximum atomic E-state index is 15.0.